The number of hydrogen-bond acceptors (Lipinski definition) is 5. The van der Waals surface area contributed by atoms with Gasteiger partial charge in [-0.05, 0) is 86.1 Å². The lowest BCUT2D eigenvalue weighted by molar-refractivity contribution is -0.302. The zero-order valence-electron chi connectivity index (χ0n) is 27.9. The van der Waals surface area contributed by atoms with Gasteiger partial charge in [0.2, 0.25) is 8.32 Å². The lowest BCUT2D eigenvalue weighted by atomic mass is 9.81. The Kier molecular flexibility index (Phi) is 9.54. The van der Waals surface area contributed by atoms with Crippen molar-refractivity contribution in [2.24, 2.45) is 11.8 Å². The van der Waals surface area contributed by atoms with Gasteiger partial charge in [0.05, 0.1) is 18.3 Å². The van der Waals surface area contributed by atoms with Crippen LogP contribution in [-0.4, -0.2) is 53.4 Å². The molecular formula is C36H54O5Si2. The van der Waals surface area contributed by atoms with E-state index in [0.717, 1.165) is 31.4 Å². The predicted molar refractivity (Wildman–Crippen MR) is 180 cm³/mol. The maximum Gasteiger partial charge on any atom is 0.261 e. The van der Waals surface area contributed by atoms with Crippen molar-refractivity contribution in [3.05, 3.63) is 72.5 Å². The van der Waals surface area contributed by atoms with Crippen molar-refractivity contribution in [2.75, 3.05) is 6.61 Å². The number of epoxide rings is 1. The molecule has 0 radical (unpaired) electrons. The average Bonchev–Trinajstić information content (AvgIpc) is 3.73. The van der Waals surface area contributed by atoms with Crippen LogP contribution in [0.1, 0.15) is 67.2 Å². The van der Waals surface area contributed by atoms with Crippen LogP contribution in [0.25, 0.3) is 0 Å². The molecule has 2 aromatic rings. The zero-order chi connectivity index (χ0) is 31.0. The van der Waals surface area contributed by atoms with Gasteiger partial charge in [0, 0.05) is 13.0 Å². The molecule has 2 aliphatic heterocycles. The zero-order valence-corrected chi connectivity index (χ0v) is 29.9. The van der Waals surface area contributed by atoms with Crippen LogP contribution >= 0.6 is 0 Å². The van der Waals surface area contributed by atoms with Gasteiger partial charge in [0.25, 0.3) is 8.32 Å². The fourth-order valence-corrected chi connectivity index (χ4v) is 12.8. The smallest absolute Gasteiger partial charge is 0.261 e. The van der Waals surface area contributed by atoms with Gasteiger partial charge in [0.15, 0.2) is 5.79 Å². The first-order chi connectivity index (χ1) is 20.2. The molecule has 2 saturated heterocycles. The highest BCUT2D eigenvalue weighted by molar-refractivity contribution is 6.99. The Labute approximate surface area is 262 Å². The van der Waals surface area contributed by atoms with Crippen LogP contribution in [0.15, 0.2) is 72.5 Å². The second-order valence-electron chi connectivity index (χ2n) is 15.3. The van der Waals surface area contributed by atoms with E-state index in [4.69, 9.17) is 23.1 Å². The summed E-state index contributed by atoms with van der Waals surface area (Å²) in [6.45, 7) is 20.8. The molecular weight excluding hydrogens is 569 g/mol. The van der Waals surface area contributed by atoms with Crippen LogP contribution in [0.3, 0.4) is 0 Å². The Morgan fingerprint density at radius 1 is 0.837 bits per heavy atom. The van der Waals surface area contributed by atoms with E-state index < -0.39 is 22.4 Å². The van der Waals surface area contributed by atoms with E-state index in [2.05, 4.69) is 128 Å². The lowest BCUT2D eigenvalue weighted by Gasteiger charge is -2.44. The third-order valence-corrected chi connectivity index (χ3v) is 15.1. The first-order valence-corrected chi connectivity index (χ1v) is 21.7. The molecule has 0 saturated carbocycles. The van der Waals surface area contributed by atoms with E-state index in [1.807, 2.05) is 0 Å². The molecule has 2 fully saturated rings. The quantitative estimate of drug-likeness (QED) is 0.193. The second kappa shape index (κ2) is 12.6. The molecule has 3 aliphatic rings. The van der Waals surface area contributed by atoms with Crippen molar-refractivity contribution >= 4 is 27.0 Å². The topological polar surface area (TPSA) is 49.5 Å². The number of hydrogen-bond donors (Lipinski definition) is 0. The summed E-state index contributed by atoms with van der Waals surface area (Å²) >= 11 is 0. The molecule has 0 unspecified atom stereocenters. The summed E-state index contributed by atoms with van der Waals surface area (Å²) in [7, 11) is -4.25. The molecule has 0 bridgehead atoms. The Balaban J connectivity index is 1.26. The Morgan fingerprint density at radius 2 is 1.40 bits per heavy atom. The van der Waals surface area contributed by atoms with E-state index in [1.165, 1.54) is 10.4 Å². The Morgan fingerprint density at radius 3 is 1.93 bits per heavy atom. The van der Waals surface area contributed by atoms with Crippen molar-refractivity contribution in [1.82, 2.24) is 0 Å². The van der Waals surface area contributed by atoms with Gasteiger partial charge in [0.1, 0.15) is 11.9 Å². The van der Waals surface area contributed by atoms with Gasteiger partial charge in [-0.25, -0.2) is 0 Å². The molecule has 236 valence electrons. The number of fused-ring (bicyclic) bond motifs is 1. The number of rotatable bonds is 11. The number of ether oxygens (including phenoxy) is 3. The Bertz CT molecular complexity index is 1190. The summed E-state index contributed by atoms with van der Waals surface area (Å²) in [6.07, 6.45) is 6.90. The molecule has 0 aromatic heterocycles. The lowest BCUT2D eigenvalue weighted by Crippen LogP contribution is -2.66. The maximum atomic E-state index is 7.20. The van der Waals surface area contributed by atoms with Crippen LogP contribution in [0.4, 0.5) is 0 Å². The molecule has 0 N–H and O–H groups in total. The molecule has 43 heavy (non-hydrogen) atoms. The molecule has 2 aromatic carbocycles. The first kappa shape index (κ1) is 32.6. The van der Waals surface area contributed by atoms with E-state index in [0.29, 0.717) is 24.5 Å². The monoisotopic (exact) mass is 622 g/mol. The van der Waals surface area contributed by atoms with Crippen LogP contribution in [-0.2, 0) is 23.1 Å². The van der Waals surface area contributed by atoms with Crippen molar-refractivity contribution in [2.45, 2.75) is 122 Å². The highest BCUT2D eigenvalue weighted by Gasteiger charge is 2.53. The van der Waals surface area contributed by atoms with E-state index in [-0.39, 0.29) is 23.4 Å². The standard InChI is InChI=1S/C36H54O5Si2/c1-26-27(24-32(34-33(26)38-34)41-42(7,8)9)20-21-28-25-29(40-36(5,6)39-28)22-23-37-43(35(2,3)4,30-16-12-10-13-17-30)31-18-14-11-15-19-31/h10-19,24,26-29,33-34H,20-23,25H2,1-9H3/t26-,27-,28-,29+,33-,34+/m1/s1. The van der Waals surface area contributed by atoms with E-state index in [1.54, 1.807) is 0 Å². The molecule has 2 heterocycles. The van der Waals surface area contributed by atoms with Crippen molar-refractivity contribution < 1.29 is 23.1 Å². The summed E-state index contributed by atoms with van der Waals surface area (Å²) in [4.78, 5) is 0. The van der Waals surface area contributed by atoms with Gasteiger partial charge in [-0.1, -0.05) is 88.4 Å². The van der Waals surface area contributed by atoms with E-state index >= 15 is 0 Å². The normalized spacial score (nSPS) is 29.0. The minimum Gasteiger partial charge on any atom is -0.546 e. The molecule has 6 atom stereocenters. The second-order valence-corrected chi connectivity index (χ2v) is 24.1. The maximum absolute atomic E-state index is 7.20. The van der Waals surface area contributed by atoms with Crippen molar-refractivity contribution in [1.29, 1.82) is 0 Å². The third-order valence-electron chi connectivity index (χ3n) is 9.23. The highest BCUT2D eigenvalue weighted by Crippen LogP contribution is 2.46. The highest BCUT2D eigenvalue weighted by atomic mass is 28.4. The van der Waals surface area contributed by atoms with Crippen molar-refractivity contribution in [3.63, 3.8) is 0 Å². The fraction of sp³-hybridized carbons (Fsp3) is 0.611. The summed E-state index contributed by atoms with van der Waals surface area (Å²) in [5, 5.41) is 2.59. The number of allylic oxidation sites excluding steroid dienone is 1. The van der Waals surface area contributed by atoms with Gasteiger partial charge in [-0.15, -0.1) is 0 Å². The van der Waals surface area contributed by atoms with Crippen LogP contribution in [0.5, 0.6) is 0 Å². The minimum atomic E-state index is -2.57. The molecule has 1 aliphatic carbocycles. The predicted octanol–water partition coefficient (Wildman–Crippen LogP) is 7.41. The summed E-state index contributed by atoms with van der Waals surface area (Å²) in [5.74, 6) is 1.42. The van der Waals surface area contributed by atoms with Crippen LogP contribution in [0, 0.1) is 11.8 Å². The van der Waals surface area contributed by atoms with Crippen LogP contribution in [0.2, 0.25) is 24.7 Å². The van der Waals surface area contributed by atoms with Gasteiger partial charge < -0.3 is 23.1 Å². The summed E-state index contributed by atoms with van der Waals surface area (Å²) < 4.78 is 32.6. The van der Waals surface area contributed by atoms with Gasteiger partial charge in [-0.3, -0.25) is 0 Å². The fourth-order valence-electron chi connectivity index (χ4n) is 7.30. The van der Waals surface area contributed by atoms with Crippen molar-refractivity contribution in [3.8, 4) is 0 Å². The molecule has 7 heteroatoms. The van der Waals surface area contributed by atoms with Crippen LogP contribution < -0.4 is 10.4 Å². The molecule has 0 spiro atoms. The minimum absolute atomic E-state index is 0.0411. The van der Waals surface area contributed by atoms with Gasteiger partial charge >= 0.3 is 0 Å². The Hall–Kier alpha value is -1.75. The molecule has 5 nitrogen and oxygen atoms in total. The first-order valence-electron chi connectivity index (χ1n) is 16.4. The largest absolute Gasteiger partial charge is 0.546 e. The molecule has 0 amide bonds. The SMILES string of the molecule is C[C@H]1[C@H]2O[C@H]2C(O[Si](C)(C)C)=C[C@H]1CC[C@@H]1C[C@H](CCO[Si](c2ccccc2)(c2ccccc2)C(C)(C)C)OC(C)(C)O1. The van der Waals surface area contributed by atoms with Gasteiger partial charge in [-0.2, -0.15) is 0 Å². The molecule has 5 rings (SSSR count). The van der Waals surface area contributed by atoms with E-state index in [9.17, 15) is 0 Å². The third kappa shape index (κ3) is 7.56. The average molecular weight is 623 g/mol. The summed E-state index contributed by atoms with van der Waals surface area (Å²) in [6, 6.07) is 21.8. The summed E-state index contributed by atoms with van der Waals surface area (Å²) in [5.41, 5.74) is 0. The number of benzene rings is 2.